The number of hydrogen-bond acceptors (Lipinski definition) is 4. The van der Waals surface area contributed by atoms with Gasteiger partial charge in [0.25, 0.3) is 5.91 Å². The number of carbonyl (C=O) groups excluding carboxylic acids is 1. The molecule has 0 aliphatic carbocycles. The van der Waals surface area contributed by atoms with Crippen LogP contribution in [-0.4, -0.2) is 15.9 Å². The van der Waals surface area contributed by atoms with E-state index in [1.807, 2.05) is 48.5 Å². The summed E-state index contributed by atoms with van der Waals surface area (Å²) in [7, 11) is 0. The Labute approximate surface area is 140 Å². The fourth-order valence-electron chi connectivity index (χ4n) is 2.31. The smallest absolute Gasteiger partial charge is 0.258 e. The molecule has 1 amide bonds. The maximum Gasteiger partial charge on any atom is 0.258 e. The Morgan fingerprint density at radius 2 is 1.62 bits per heavy atom. The number of benzene rings is 2. The summed E-state index contributed by atoms with van der Waals surface area (Å²) in [5, 5.41) is 5.99. The van der Waals surface area contributed by atoms with Crippen molar-refractivity contribution < 1.29 is 4.79 Å². The molecule has 0 bridgehead atoms. The number of aryl methyl sites for hydroxylation is 1. The first-order chi connectivity index (χ1) is 11.8. The molecule has 0 aliphatic heterocycles. The number of nitrogens with zero attached hydrogens (tertiary/aromatic N) is 2. The molecule has 0 unspecified atom stereocenters. The van der Waals surface area contributed by atoms with Crippen LogP contribution >= 0.6 is 0 Å². The van der Waals surface area contributed by atoms with E-state index in [1.54, 1.807) is 0 Å². The van der Waals surface area contributed by atoms with Gasteiger partial charge in [-0.1, -0.05) is 43.3 Å². The molecule has 5 nitrogen and oxygen atoms in total. The molecule has 2 aromatic carbocycles. The van der Waals surface area contributed by atoms with Crippen LogP contribution in [0.1, 0.15) is 22.8 Å². The molecule has 0 fully saturated rings. The molecule has 3 rings (SSSR count). The summed E-state index contributed by atoms with van der Waals surface area (Å²) in [6.07, 6.45) is 3.95. The van der Waals surface area contributed by atoms with Crippen molar-refractivity contribution in [2.24, 2.45) is 0 Å². The second kappa shape index (κ2) is 7.37. The molecule has 24 heavy (non-hydrogen) atoms. The van der Waals surface area contributed by atoms with Crippen LogP contribution in [0.15, 0.2) is 67.0 Å². The number of para-hydroxylation sites is 2. The van der Waals surface area contributed by atoms with E-state index < -0.39 is 0 Å². The van der Waals surface area contributed by atoms with Crippen molar-refractivity contribution in [2.75, 3.05) is 10.6 Å². The maximum atomic E-state index is 12.2. The van der Waals surface area contributed by atoms with Crippen LogP contribution in [0.3, 0.4) is 0 Å². The van der Waals surface area contributed by atoms with Gasteiger partial charge in [0.2, 0.25) is 5.95 Å². The standard InChI is InChI=1S/C19H18N4O/c1-2-14-8-6-7-11-17(14)23-19-20-12-15(13-21-19)18(24)22-16-9-4-3-5-10-16/h3-13H,2H2,1H3,(H,22,24)(H,20,21,23). The molecular weight excluding hydrogens is 300 g/mol. The highest BCUT2D eigenvalue weighted by molar-refractivity contribution is 6.03. The van der Waals surface area contributed by atoms with Crippen molar-refractivity contribution in [3.05, 3.63) is 78.1 Å². The van der Waals surface area contributed by atoms with Gasteiger partial charge in [0.1, 0.15) is 0 Å². The van der Waals surface area contributed by atoms with Crippen LogP contribution in [-0.2, 0) is 6.42 Å². The van der Waals surface area contributed by atoms with Crippen molar-refractivity contribution in [1.82, 2.24) is 9.97 Å². The largest absolute Gasteiger partial charge is 0.324 e. The van der Waals surface area contributed by atoms with Crippen molar-refractivity contribution in [1.29, 1.82) is 0 Å². The summed E-state index contributed by atoms with van der Waals surface area (Å²) in [5.41, 5.74) is 3.31. The van der Waals surface area contributed by atoms with Crippen molar-refractivity contribution in [3.8, 4) is 0 Å². The summed E-state index contributed by atoms with van der Waals surface area (Å²) in [4.78, 5) is 20.6. The minimum absolute atomic E-state index is 0.235. The van der Waals surface area contributed by atoms with E-state index in [2.05, 4.69) is 33.6 Å². The van der Waals surface area contributed by atoms with Crippen molar-refractivity contribution >= 4 is 23.2 Å². The minimum atomic E-state index is -0.235. The molecule has 1 aromatic heterocycles. The molecule has 5 heteroatoms. The number of amides is 1. The summed E-state index contributed by atoms with van der Waals surface area (Å²) in [5.74, 6) is 0.230. The number of nitrogens with one attached hydrogen (secondary N) is 2. The average Bonchev–Trinajstić information content (AvgIpc) is 2.63. The normalized spacial score (nSPS) is 10.2. The second-order valence-corrected chi connectivity index (χ2v) is 5.25. The van der Waals surface area contributed by atoms with Crippen LogP contribution < -0.4 is 10.6 Å². The first-order valence-electron chi connectivity index (χ1n) is 7.79. The number of hydrogen-bond donors (Lipinski definition) is 2. The van der Waals surface area contributed by atoms with Crippen molar-refractivity contribution in [3.63, 3.8) is 0 Å². The lowest BCUT2D eigenvalue weighted by Crippen LogP contribution is -2.13. The third-order valence-electron chi connectivity index (χ3n) is 3.59. The lowest BCUT2D eigenvalue weighted by molar-refractivity contribution is 0.102. The lowest BCUT2D eigenvalue weighted by Gasteiger charge is -2.09. The lowest BCUT2D eigenvalue weighted by atomic mass is 10.1. The minimum Gasteiger partial charge on any atom is -0.324 e. The second-order valence-electron chi connectivity index (χ2n) is 5.25. The van der Waals surface area contributed by atoms with Crippen molar-refractivity contribution in [2.45, 2.75) is 13.3 Å². The molecule has 0 saturated carbocycles. The first-order valence-corrected chi connectivity index (χ1v) is 7.79. The average molecular weight is 318 g/mol. The molecule has 0 saturated heterocycles. The topological polar surface area (TPSA) is 66.9 Å². The fraction of sp³-hybridized carbons (Fsp3) is 0.105. The Morgan fingerprint density at radius 3 is 2.33 bits per heavy atom. The zero-order chi connectivity index (χ0) is 16.8. The van der Waals surface area contributed by atoms with E-state index in [9.17, 15) is 4.79 Å². The fourth-order valence-corrected chi connectivity index (χ4v) is 2.31. The highest BCUT2D eigenvalue weighted by Gasteiger charge is 2.08. The monoisotopic (exact) mass is 318 g/mol. The molecule has 2 N–H and O–H groups in total. The quantitative estimate of drug-likeness (QED) is 0.745. The highest BCUT2D eigenvalue weighted by Crippen LogP contribution is 2.19. The molecule has 0 spiro atoms. The number of anilines is 3. The number of aromatic nitrogens is 2. The zero-order valence-corrected chi connectivity index (χ0v) is 13.4. The maximum absolute atomic E-state index is 12.2. The van der Waals surface area contributed by atoms with E-state index in [4.69, 9.17) is 0 Å². The zero-order valence-electron chi connectivity index (χ0n) is 13.4. The summed E-state index contributed by atoms with van der Waals surface area (Å²) >= 11 is 0. The van der Waals surface area contributed by atoms with Gasteiger partial charge in [-0.25, -0.2) is 9.97 Å². The summed E-state index contributed by atoms with van der Waals surface area (Å²) < 4.78 is 0. The van der Waals surface area contributed by atoms with Gasteiger partial charge < -0.3 is 10.6 Å². The Balaban J connectivity index is 1.70. The number of carbonyl (C=O) groups is 1. The van der Waals surface area contributed by atoms with Gasteiger partial charge in [0.15, 0.2) is 0 Å². The molecule has 1 heterocycles. The van der Waals surface area contributed by atoms with Crippen LogP contribution in [0.2, 0.25) is 0 Å². The Kier molecular flexibility index (Phi) is 4.81. The van der Waals surface area contributed by atoms with Crippen LogP contribution in [0.4, 0.5) is 17.3 Å². The van der Waals surface area contributed by atoms with E-state index in [0.29, 0.717) is 11.5 Å². The van der Waals surface area contributed by atoms with Gasteiger partial charge in [-0.05, 0) is 30.2 Å². The number of rotatable bonds is 5. The molecule has 3 aromatic rings. The first kappa shape index (κ1) is 15.7. The van der Waals surface area contributed by atoms with Gasteiger partial charge >= 0.3 is 0 Å². The van der Waals surface area contributed by atoms with Gasteiger partial charge in [0, 0.05) is 23.8 Å². The van der Waals surface area contributed by atoms with Crippen LogP contribution in [0, 0.1) is 0 Å². The predicted octanol–water partition coefficient (Wildman–Crippen LogP) is 4.03. The summed E-state index contributed by atoms with van der Waals surface area (Å²) in [6, 6.07) is 17.3. The highest BCUT2D eigenvalue weighted by atomic mass is 16.1. The third-order valence-corrected chi connectivity index (χ3v) is 3.59. The van der Waals surface area contributed by atoms with E-state index in [-0.39, 0.29) is 5.91 Å². The Hall–Kier alpha value is -3.21. The van der Waals surface area contributed by atoms with Gasteiger partial charge in [-0.3, -0.25) is 4.79 Å². The predicted molar refractivity (Wildman–Crippen MR) is 95.5 cm³/mol. The molecule has 0 radical (unpaired) electrons. The van der Waals surface area contributed by atoms with Gasteiger partial charge in [0.05, 0.1) is 5.56 Å². The van der Waals surface area contributed by atoms with Gasteiger partial charge in [-0.2, -0.15) is 0 Å². The van der Waals surface area contributed by atoms with Gasteiger partial charge in [-0.15, -0.1) is 0 Å². The van der Waals surface area contributed by atoms with E-state index in [0.717, 1.165) is 17.8 Å². The molecule has 0 aliphatic rings. The Bertz CT molecular complexity index is 816. The van der Waals surface area contributed by atoms with Crippen LogP contribution in [0.25, 0.3) is 0 Å². The third kappa shape index (κ3) is 3.76. The Morgan fingerprint density at radius 1 is 0.958 bits per heavy atom. The SMILES string of the molecule is CCc1ccccc1Nc1ncc(C(=O)Nc2ccccc2)cn1. The van der Waals surface area contributed by atoms with E-state index >= 15 is 0 Å². The summed E-state index contributed by atoms with van der Waals surface area (Å²) in [6.45, 7) is 2.10. The molecule has 0 atom stereocenters. The molecular formula is C19H18N4O. The van der Waals surface area contributed by atoms with Crippen LogP contribution in [0.5, 0.6) is 0 Å². The van der Waals surface area contributed by atoms with E-state index in [1.165, 1.54) is 18.0 Å². The molecule has 120 valence electrons.